The van der Waals surface area contributed by atoms with Crippen LogP contribution >= 0.6 is 0 Å². The van der Waals surface area contributed by atoms with Gasteiger partial charge in [-0.1, -0.05) is 106 Å². The summed E-state index contributed by atoms with van der Waals surface area (Å²) in [4.78, 5) is 29.6. The summed E-state index contributed by atoms with van der Waals surface area (Å²) in [6.07, 6.45) is 10.6. The smallest absolute Gasteiger partial charge is 0.317 e. The van der Waals surface area contributed by atoms with Crippen molar-refractivity contribution in [3.63, 3.8) is 0 Å². The molecule has 0 aromatic heterocycles. The first-order chi connectivity index (χ1) is 18.9. The van der Waals surface area contributed by atoms with Crippen molar-refractivity contribution in [2.45, 2.75) is 89.8 Å². The van der Waals surface area contributed by atoms with Gasteiger partial charge in [-0.3, -0.25) is 15.1 Å². The fourth-order valence-corrected chi connectivity index (χ4v) is 5.93. The molecule has 1 saturated carbocycles. The molecule has 1 heterocycles. The average molecular weight is 532 g/mol. The molecule has 2 fully saturated rings. The number of benzene rings is 2. The number of nitrogens with one attached hydrogen (secondary N) is 3. The van der Waals surface area contributed by atoms with Crippen molar-refractivity contribution in [1.29, 1.82) is 5.41 Å². The molecule has 2 aromatic rings. The highest BCUT2D eigenvalue weighted by Gasteiger charge is 2.49. The fourth-order valence-electron chi connectivity index (χ4n) is 5.93. The molecule has 0 radical (unpaired) electrons. The van der Waals surface area contributed by atoms with Crippen molar-refractivity contribution in [1.82, 2.24) is 20.4 Å². The highest BCUT2D eigenvalue weighted by molar-refractivity contribution is 6.07. The number of carbonyl (C=O) groups is 2. The van der Waals surface area contributed by atoms with E-state index in [1.165, 1.54) is 37.7 Å². The average Bonchev–Trinajstić information content (AvgIpc) is 3.19. The van der Waals surface area contributed by atoms with Gasteiger partial charge in [0, 0.05) is 20.1 Å². The number of rotatable bonds is 12. The van der Waals surface area contributed by atoms with Gasteiger partial charge in [0.25, 0.3) is 5.91 Å². The zero-order valence-corrected chi connectivity index (χ0v) is 23.7. The number of urea groups is 1. The Kier molecular flexibility index (Phi) is 10.0. The number of carbonyl (C=O) groups excluding carboxylic acids is 2. The highest BCUT2D eigenvalue weighted by atomic mass is 16.2. The van der Waals surface area contributed by atoms with Crippen LogP contribution in [0.25, 0.3) is 0 Å². The van der Waals surface area contributed by atoms with Gasteiger partial charge >= 0.3 is 6.03 Å². The molecule has 210 valence electrons. The number of amides is 3. The maximum atomic E-state index is 13.7. The molecule has 1 aliphatic heterocycles. The molecule has 0 spiro atoms. The van der Waals surface area contributed by atoms with E-state index in [0.29, 0.717) is 25.6 Å². The van der Waals surface area contributed by atoms with Crippen molar-refractivity contribution in [3.05, 3.63) is 71.3 Å². The van der Waals surface area contributed by atoms with Crippen molar-refractivity contribution in [2.24, 2.45) is 5.92 Å². The molecule has 1 aliphatic carbocycles. The van der Waals surface area contributed by atoms with E-state index in [9.17, 15) is 9.59 Å². The molecular formula is C32H45N5O2. The van der Waals surface area contributed by atoms with E-state index < -0.39 is 5.54 Å². The van der Waals surface area contributed by atoms with Gasteiger partial charge in [0.1, 0.15) is 5.54 Å². The van der Waals surface area contributed by atoms with E-state index in [0.717, 1.165) is 43.2 Å². The fraction of sp³-hybridized carbons (Fsp3) is 0.531. The quantitative estimate of drug-likeness (QED) is 0.322. The summed E-state index contributed by atoms with van der Waals surface area (Å²) in [6.45, 7) is 3.64. The predicted molar refractivity (Wildman–Crippen MR) is 156 cm³/mol. The molecule has 39 heavy (non-hydrogen) atoms. The Morgan fingerprint density at radius 1 is 1.05 bits per heavy atom. The number of unbranched alkanes of at least 4 members (excludes halogenated alkanes) is 1. The molecule has 1 atom stereocenters. The normalized spacial score (nSPS) is 19.7. The first-order valence-corrected chi connectivity index (χ1v) is 14.7. The molecule has 0 bridgehead atoms. The zero-order chi connectivity index (χ0) is 27.7. The minimum absolute atomic E-state index is 0.0569. The molecule has 3 amide bonds. The number of nitrogens with zero attached hydrogens (tertiary/aromatic N) is 2. The number of hydrogen-bond donors (Lipinski definition) is 3. The highest BCUT2D eigenvalue weighted by Crippen LogP contribution is 2.36. The summed E-state index contributed by atoms with van der Waals surface area (Å²) in [5, 5.41) is 15.0. The van der Waals surface area contributed by atoms with Crippen LogP contribution in [-0.2, 0) is 24.3 Å². The Bertz CT molecular complexity index is 1100. The minimum Gasteiger partial charge on any atom is -0.342 e. The summed E-state index contributed by atoms with van der Waals surface area (Å²) in [5.74, 6) is 0.842. The van der Waals surface area contributed by atoms with Gasteiger partial charge < -0.3 is 15.5 Å². The Hall–Kier alpha value is -3.35. The number of hydrogen-bond acceptors (Lipinski definition) is 3. The van der Waals surface area contributed by atoms with Crippen LogP contribution < -0.4 is 10.6 Å². The molecule has 2 aliphatic rings. The van der Waals surface area contributed by atoms with E-state index in [4.69, 9.17) is 5.41 Å². The van der Waals surface area contributed by atoms with Gasteiger partial charge in [0.05, 0.1) is 6.54 Å². The summed E-state index contributed by atoms with van der Waals surface area (Å²) in [7, 11) is 1.81. The van der Waals surface area contributed by atoms with Crippen LogP contribution in [0.15, 0.2) is 54.6 Å². The van der Waals surface area contributed by atoms with Crippen LogP contribution in [0.5, 0.6) is 0 Å². The minimum atomic E-state index is -0.633. The van der Waals surface area contributed by atoms with Crippen molar-refractivity contribution >= 4 is 17.9 Å². The SMILES string of the molecule is CCCCC1(CC2CCCCC2)NC(=N)N(Cc2ccc(CNC(=O)N(C)CCc3ccccc3)cc2)C1=O. The Balaban J connectivity index is 1.30. The van der Waals surface area contributed by atoms with E-state index in [1.807, 2.05) is 49.5 Å². The van der Waals surface area contributed by atoms with Crippen LogP contribution in [-0.4, -0.2) is 46.8 Å². The Morgan fingerprint density at radius 2 is 1.74 bits per heavy atom. The second-order valence-electron chi connectivity index (χ2n) is 11.4. The Labute approximate surface area is 233 Å². The van der Waals surface area contributed by atoms with Crippen LogP contribution in [0.1, 0.15) is 81.4 Å². The second kappa shape index (κ2) is 13.6. The van der Waals surface area contributed by atoms with E-state index in [-0.39, 0.29) is 17.9 Å². The van der Waals surface area contributed by atoms with Gasteiger partial charge in [0.15, 0.2) is 5.96 Å². The van der Waals surface area contributed by atoms with Crippen molar-refractivity contribution < 1.29 is 9.59 Å². The lowest BCUT2D eigenvalue weighted by Crippen LogP contribution is -2.48. The molecule has 4 rings (SSSR count). The molecule has 1 unspecified atom stereocenters. The third-order valence-electron chi connectivity index (χ3n) is 8.33. The summed E-state index contributed by atoms with van der Waals surface area (Å²) < 4.78 is 0. The first kappa shape index (κ1) is 28.7. The van der Waals surface area contributed by atoms with E-state index in [2.05, 4.69) is 29.7 Å². The largest absolute Gasteiger partial charge is 0.342 e. The van der Waals surface area contributed by atoms with Crippen molar-refractivity contribution in [3.8, 4) is 0 Å². The maximum absolute atomic E-state index is 13.7. The number of likely N-dealkylation sites (N-methyl/N-ethyl adjacent to an activating group) is 1. The van der Waals surface area contributed by atoms with E-state index in [1.54, 1.807) is 9.80 Å². The molecular weight excluding hydrogens is 486 g/mol. The van der Waals surface area contributed by atoms with Crippen LogP contribution in [0.3, 0.4) is 0 Å². The topological polar surface area (TPSA) is 88.5 Å². The Morgan fingerprint density at radius 3 is 2.44 bits per heavy atom. The number of guanidine groups is 1. The van der Waals surface area contributed by atoms with Gasteiger partial charge in [-0.25, -0.2) is 4.79 Å². The van der Waals surface area contributed by atoms with E-state index >= 15 is 0 Å². The summed E-state index contributed by atoms with van der Waals surface area (Å²) >= 11 is 0. The monoisotopic (exact) mass is 531 g/mol. The second-order valence-corrected chi connectivity index (χ2v) is 11.4. The van der Waals surface area contributed by atoms with Gasteiger partial charge in [-0.15, -0.1) is 0 Å². The maximum Gasteiger partial charge on any atom is 0.317 e. The standard InChI is InChI=1S/C32H45N5O2/c1-3-4-20-32(22-26-13-9-6-10-14-26)29(38)37(30(33)35-32)24-28-17-15-27(16-18-28)23-34-31(39)36(2)21-19-25-11-7-5-8-12-25/h5,7-8,11-12,15-18,26H,3-4,6,9-10,13-14,19-24H2,1-2H3,(H2,33,35)(H,34,39). The molecule has 1 saturated heterocycles. The van der Waals surface area contributed by atoms with Crippen LogP contribution in [0, 0.1) is 11.3 Å². The summed E-state index contributed by atoms with van der Waals surface area (Å²) in [5.41, 5.74) is 2.56. The third kappa shape index (κ3) is 7.61. The lowest BCUT2D eigenvalue weighted by Gasteiger charge is -2.33. The van der Waals surface area contributed by atoms with Gasteiger partial charge in [0.2, 0.25) is 0 Å². The summed E-state index contributed by atoms with van der Waals surface area (Å²) in [6, 6.07) is 18.0. The zero-order valence-electron chi connectivity index (χ0n) is 23.7. The van der Waals surface area contributed by atoms with Crippen LogP contribution in [0.2, 0.25) is 0 Å². The molecule has 7 nitrogen and oxygen atoms in total. The van der Waals surface area contributed by atoms with Crippen molar-refractivity contribution in [2.75, 3.05) is 13.6 Å². The third-order valence-corrected chi connectivity index (χ3v) is 8.33. The predicted octanol–water partition coefficient (Wildman–Crippen LogP) is 5.84. The lowest BCUT2D eigenvalue weighted by atomic mass is 9.77. The van der Waals surface area contributed by atoms with Gasteiger partial charge in [-0.2, -0.15) is 0 Å². The van der Waals surface area contributed by atoms with Crippen LogP contribution in [0.4, 0.5) is 4.79 Å². The molecule has 7 heteroatoms. The lowest BCUT2D eigenvalue weighted by molar-refractivity contribution is -0.132. The molecule has 3 N–H and O–H groups in total. The first-order valence-electron chi connectivity index (χ1n) is 14.7. The van der Waals surface area contributed by atoms with Gasteiger partial charge in [-0.05, 0) is 41.9 Å². The molecule has 2 aromatic carbocycles.